The molecule has 0 amide bonds. The summed E-state index contributed by atoms with van der Waals surface area (Å²) in [5.41, 5.74) is 11.1. The van der Waals surface area contributed by atoms with Crippen molar-refractivity contribution < 1.29 is 33.9 Å². The molecule has 0 radical (unpaired) electrons. The molecule has 0 saturated carbocycles. The van der Waals surface area contributed by atoms with Crippen molar-refractivity contribution >= 4 is 0 Å². The van der Waals surface area contributed by atoms with E-state index in [1.807, 2.05) is 0 Å². The van der Waals surface area contributed by atoms with E-state index < -0.39 is 0 Å². The standard InChI is InChI=1S/C62H92N2O7/c1-17-63(18-2)37-53-39-70-57-45-25-41-29-49(59(5,6)7)31-43(55(41)65)27-47-35-52(62(14,15)16)36-48(58(47)71-40-54(38-64(19-3)20-4)69-24-22-67-21-23-68-53)28-44-32-50(60(8,9)10)30-42(56(44)66)26-46(57)34-51(33-45)61(11,12)13/h29-36,53-54,65-66H,17-28,37-40H2,1-16H3. The summed E-state index contributed by atoms with van der Waals surface area (Å²) in [5, 5.41) is 25.7. The Balaban J connectivity index is 1.73. The van der Waals surface area contributed by atoms with E-state index in [0.29, 0.717) is 78.4 Å². The van der Waals surface area contributed by atoms with Crippen LogP contribution in [0.2, 0.25) is 0 Å². The predicted octanol–water partition coefficient (Wildman–Crippen LogP) is 12.2. The number of hydrogen-bond donors (Lipinski definition) is 2. The van der Waals surface area contributed by atoms with Gasteiger partial charge in [0, 0.05) is 38.8 Å². The van der Waals surface area contributed by atoms with Crippen LogP contribution < -0.4 is 9.47 Å². The molecular weight excluding hydrogens is 885 g/mol. The average molecular weight is 977 g/mol. The molecule has 2 aliphatic rings. The van der Waals surface area contributed by atoms with Gasteiger partial charge in [0.1, 0.15) is 48.4 Å². The SMILES string of the molecule is CCN(CC)CC1COc2c3cc(C(C)(C)C)cc2Cc2cc(C(C)(C)C)cc(c2O)Cc2cc(C(C)(C)C)cc(c2OCC(CN(CC)CC)OCCOCCO1)Cc1cc(C(C)(C)C)cc(c1O)C3. The van der Waals surface area contributed by atoms with Crippen molar-refractivity contribution in [1.29, 1.82) is 0 Å². The van der Waals surface area contributed by atoms with E-state index in [4.69, 9.17) is 23.7 Å². The van der Waals surface area contributed by atoms with Crippen LogP contribution in [0.5, 0.6) is 23.0 Å². The molecule has 9 nitrogen and oxygen atoms in total. The molecule has 9 heteroatoms. The van der Waals surface area contributed by atoms with Crippen LogP contribution in [0.1, 0.15) is 178 Å². The molecule has 1 aliphatic heterocycles. The van der Waals surface area contributed by atoms with E-state index in [1.165, 1.54) is 11.1 Å². The summed E-state index contributed by atoms with van der Waals surface area (Å²) in [4.78, 5) is 4.75. The normalized spacial score (nSPS) is 18.1. The van der Waals surface area contributed by atoms with Crippen LogP contribution in [0.4, 0.5) is 0 Å². The Morgan fingerprint density at radius 2 is 0.662 bits per heavy atom. The summed E-state index contributed by atoms with van der Waals surface area (Å²) in [6, 6.07) is 18.0. The maximum absolute atomic E-state index is 12.8. The second-order valence-electron chi connectivity index (χ2n) is 24.4. The Bertz CT molecular complexity index is 2140. The number of fused-ring (bicyclic) bond motifs is 2. The van der Waals surface area contributed by atoms with Gasteiger partial charge in [-0.1, -0.05) is 159 Å². The number of benzene rings is 4. The third-order valence-corrected chi connectivity index (χ3v) is 14.7. The number of rotatable bonds is 8. The van der Waals surface area contributed by atoms with Crippen LogP contribution in [0.25, 0.3) is 0 Å². The van der Waals surface area contributed by atoms with Gasteiger partial charge in [-0.15, -0.1) is 0 Å². The zero-order valence-electron chi connectivity index (χ0n) is 46.9. The first-order valence-electron chi connectivity index (χ1n) is 26.9. The molecule has 1 aliphatic carbocycles. The molecule has 0 aromatic heterocycles. The van der Waals surface area contributed by atoms with E-state index in [-0.39, 0.29) is 45.4 Å². The van der Waals surface area contributed by atoms with Crippen LogP contribution in [-0.4, -0.2) is 111 Å². The van der Waals surface area contributed by atoms with Gasteiger partial charge in [-0.05, 0) is 115 Å². The maximum atomic E-state index is 12.8. The minimum atomic E-state index is -0.251. The van der Waals surface area contributed by atoms with E-state index in [1.54, 1.807) is 0 Å². The molecule has 6 rings (SSSR count). The molecule has 0 fully saturated rings. The highest BCUT2D eigenvalue weighted by Crippen LogP contribution is 2.44. The van der Waals surface area contributed by atoms with E-state index in [9.17, 15) is 10.2 Å². The third-order valence-electron chi connectivity index (χ3n) is 14.7. The van der Waals surface area contributed by atoms with Gasteiger partial charge >= 0.3 is 0 Å². The zero-order chi connectivity index (χ0) is 52.1. The molecule has 2 N–H and O–H groups in total. The van der Waals surface area contributed by atoms with Crippen molar-refractivity contribution in [2.45, 2.75) is 170 Å². The summed E-state index contributed by atoms with van der Waals surface area (Å²) in [5.74, 6) is 2.12. The van der Waals surface area contributed by atoms with E-state index >= 15 is 0 Å². The minimum absolute atomic E-state index is 0.208. The van der Waals surface area contributed by atoms with Crippen molar-refractivity contribution in [2.75, 3.05) is 78.9 Å². The van der Waals surface area contributed by atoms with Crippen LogP contribution in [-0.2, 0) is 61.6 Å². The van der Waals surface area contributed by atoms with Gasteiger partial charge < -0.3 is 43.7 Å². The summed E-state index contributed by atoms with van der Waals surface area (Å²) in [6.45, 7) is 43.0. The first-order valence-corrected chi connectivity index (χ1v) is 26.9. The van der Waals surface area contributed by atoms with Crippen LogP contribution in [0, 0.1) is 0 Å². The fourth-order valence-electron chi connectivity index (χ4n) is 9.87. The smallest absolute Gasteiger partial charge is 0.126 e. The van der Waals surface area contributed by atoms with Crippen molar-refractivity contribution in [3.05, 3.63) is 115 Å². The third kappa shape index (κ3) is 14.6. The molecule has 71 heavy (non-hydrogen) atoms. The fourth-order valence-corrected chi connectivity index (χ4v) is 9.87. The van der Waals surface area contributed by atoms with Crippen LogP contribution >= 0.6 is 0 Å². The van der Waals surface area contributed by atoms with Crippen molar-refractivity contribution in [1.82, 2.24) is 9.80 Å². The lowest BCUT2D eigenvalue weighted by molar-refractivity contribution is -0.0516. The number of ether oxygens (including phenoxy) is 5. The summed E-state index contributed by atoms with van der Waals surface area (Å²) >= 11 is 0. The minimum Gasteiger partial charge on any atom is -0.507 e. The Morgan fingerprint density at radius 3 is 0.901 bits per heavy atom. The number of nitrogens with zero attached hydrogens (tertiary/aromatic N) is 2. The summed E-state index contributed by atoms with van der Waals surface area (Å²) in [6.07, 6.45) is 1.24. The number of likely N-dealkylation sites (N-methyl/N-ethyl adjacent to an activating group) is 2. The highest BCUT2D eigenvalue weighted by atomic mass is 16.6. The Morgan fingerprint density at radius 1 is 0.408 bits per heavy atom. The second kappa shape index (κ2) is 23.4. The Kier molecular flexibility index (Phi) is 18.5. The highest BCUT2D eigenvalue weighted by molar-refractivity contribution is 5.59. The molecule has 2 unspecified atom stereocenters. The van der Waals surface area contributed by atoms with Crippen LogP contribution in [0.15, 0.2) is 48.5 Å². The van der Waals surface area contributed by atoms with Crippen molar-refractivity contribution in [3.8, 4) is 23.0 Å². The van der Waals surface area contributed by atoms with Gasteiger partial charge in [0.2, 0.25) is 0 Å². The highest BCUT2D eigenvalue weighted by Gasteiger charge is 2.30. The first-order chi connectivity index (χ1) is 33.3. The van der Waals surface area contributed by atoms with Crippen molar-refractivity contribution in [2.24, 2.45) is 0 Å². The molecule has 4 aromatic rings. The molecule has 1 heterocycles. The number of phenols is 2. The Hall–Kier alpha value is -4.12. The number of phenolic OH excluding ortho intramolecular Hbond substituents is 2. The van der Waals surface area contributed by atoms with E-state index in [2.05, 4.69) is 169 Å². The number of aromatic hydroxyl groups is 2. The Labute approximate surface area is 429 Å². The van der Waals surface area contributed by atoms with Gasteiger partial charge in [-0.25, -0.2) is 0 Å². The molecule has 2 atom stereocenters. The number of hydrogen-bond acceptors (Lipinski definition) is 9. The maximum Gasteiger partial charge on any atom is 0.126 e. The zero-order valence-corrected chi connectivity index (χ0v) is 46.9. The molecule has 392 valence electrons. The first kappa shape index (κ1) is 56.2. The largest absolute Gasteiger partial charge is 0.507 e. The molecule has 4 aromatic carbocycles. The molecule has 0 saturated heterocycles. The lowest BCUT2D eigenvalue weighted by Crippen LogP contribution is -2.38. The van der Waals surface area contributed by atoms with Gasteiger partial charge in [-0.3, -0.25) is 0 Å². The van der Waals surface area contributed by atoms with E-state index in [0.717, 1.165) is 93.3 Å². The molecular formula is C62H92N2O7. The van der Waals surface area contributed by atoms with Gasteiger partial charge in [0.15, 0.2) is 0 Å². The summed E-state index contributed by atoms with van der Waals surface area (Å²) in [7, 11) is 0. The monoisotopic (exact) mass is 977 g/mol. The topological polar surface area (TPSA) is 93.1 Å². The quantitative estimate of drug-likeness (QED) is 0.158. The lowest BCUT2D eigenvalue weighted by Gasteiger charge is -2.30. The lowest BCUT2D eigenvalue weighted by atomic mass is 9.79. The predicted molar refractivity (Wildman–Crippen MR) is 292 cm³/mol. The van der Waals surface area contributed by atoms with Crippen LogP contribution in [0.3, 0.4) is 0 Å². The van der Waals surface area contributed by atoms with Crippen molar-refractivity contribution in [3.63, 3.8) is 0 Å². The molecule has 10 bridgehead atoms. The fraction of sp³-hybridized carbons (Fsp3) is 0.613. The second-order valence-corrected chi connectivity index (χ2v) is 24.4. The summed E-state index contributed by atoms with van der Waals surface area (Å²) < 4.78 is 34.0. The average Bonchev–Trinajstić information content (AvgIpc) is 3.28. The van der Waals surface area contributed by atoms with Gasteiger partial charge in [-0.2, -0.15) is 0 Å². The van der Waals surface area contributed by atoms with Gasteiger partial charge in [0.25, 0.3) is 0 Å². The van der Waals surface area contributed by atoms with Gasteiger partial charge in [0.05, 0.1) is 26.4 Å². The molecule has 0 spiro atoms.